The van der Waals surface area contributed by atoms with Gasteiger partial charge in [-0.05, 0) is 53.4 Å². The number of hydrogen-bond acceptors (Lipinski definition) is 7. The molecule has 1 aliphatic rings. The molecule has 0 aliphatic heterocycles. The van der Waals surface area contributed by atoms with Gasteiger partial charge in [-0.25, -0.2) is 9.59 Å². The van der Waals surface area contributed by atoms with Gasteiger partial charge in [-0.3, -0.25) is 0 Å². The van der Waals surface area contributed by atoms with Crippen LogP contribution in [0, 0.1) is 0 Å². The van der Waals surface area contributed by atoms with Gasteiger partial charge in [-0.15, -0.1) is 0 Å². The highest BCUT2D eigenvalue weighted by atomic mass is 16.6. The second kappa shape index (κ2) is 8.07. The quantitative estimate of drug-likeness (QED) is 0.815. The van der Waals surface area contributed by atoms with Gasteiger partial charge in [0.25, 0.3) is 0 Å². The van der Waals surface area contributed by atoms with Gasteiger partial charge in [0.15, 0.2) is 5.69 Å². The average molecular weight is 367 g/mol. The van der Waals surface area contributed by atoms with E-state index in [0.29, 0.717) is 5.69 Å². The lowest BCUT2D eigenvalue weighted by Gasteiger charge is -2.28. The van der Waals surface area contributed by atoms with Crippen molar-refractivity contribution < 1.29 is 23.8 Å². The lowest BCUT2D eigenvalue weighted by atomic mass is 9.84. The van der Waals surface area contributed by atoms with Crippen LogP contribution < -0.4 is 5.73 Å². The summed E-state index contributed by atoms with van der Waals surface area (Å²) >= 11 is 0. The zero-order valence-electron chi connectivity index (χ0n) is 16.2. The zero-order chi connectivity index (χ0) is 19.5. The van der Waals surface area contributed by atoms with Crippen molar-refractivity contribution >= 4 is 17.7 Å². The Labute approximate surface area is 154 Å². The molecule has 8 heteroatoms. The number of carbonyl (C=O) groups excluding carboxylic acids is 2. The van der Waals surface area contributed by atoms with Crippen LogP contribution in [0.1, 0.15) is 75.5 Å². The van der Waals surface area contributed by atoms with E-state index in [1.807, 2.05) is 0 Å². The van der Waals surface area contributed by atoms with E-state index in [1.165, 1.54) is 0 Å². The van der Waals surface area contributed by atoms with E-state index in [9.17, 15) is 9.59 Å². The molecular weight excluding hydrogens is 338 g/mol. The van der Waals surface area contributed by atoms with E-state index in [4.69, 9.17) is 19.9 Å². The van der Waals surface area contributed by atoms with Gasteiger partial charge in [0.2, 0.25) is 0 Å². The summed E-state index contributed by atoms with van der Waals surface area (Å²) in [6, 6.07) is 0. The summed E-state index contributed by atoms with van der Waals surface area (Å²) in [5, 5.41) is 4.14. The minimum absolute atomic E-state index is 0.00425. The fourth-order valence-corrected chi connectivity index (χ4v) is 3.20. The third-order valence-electron chi connectivity index (χ3n) is 4.39. The van der Waals surface area contributed by atoms with Crippen LogP contribution in [0.25, 0.3) is 0 Å². The first kappa shape index (κ1) is 20.2. The molecule has 146 valence electrons. The van der Waals surface area contributed by atoms with Crippen LogP contribution in [0.15, 0.2) is 0 Å². The molecule has 0 bridgehead atoms. The number of methoxy groups -OCH3 is 1. The number of nitrogens with two attached hydrogens (primary N) is 1. The Hall–Kier alpha value is -2.09. The van der Waals surface area contributed by atoms with Crippen molar-refractivity contribution in [2.45, 2.75) is 71.0 Å². The summed E-state index contributed by atoms with van der Waals surface area (Å²) in [5.41, 5.74) is 6.20. The van der Waals surface area contributed by atoms with Crippen LogP contribution in [-0.2, 0) is 14.2 Å². The zero-order valence-corrected chi connectivity index (χ0v) is 16.2. The van der Waals surface area contributed by atoms with Crippen molar-refractivity contribution in [1.29, 1.82) is 0 Å². The van der Waals surface area contributed by atoms with Crippen LogP contribution in [0.4, 0.5) is 10.5 Å². The third kappa shape index (κ3) is 4.55. The van der Waals surface area contributed by atoms with E-state index in [0.717, 1.165) is 30.4 Å². The highest BCUT2D eigenvalue weighted by Crippen LogP contribution is 2.38. The SMILES string of the molecule is CCOC(=O)c1nn(C(=O)OC(C)(C)C)c([C@H]2CC[C@@H](OC)CC2)c1N. The summed E-state index contributed by atoms with van der Waals surface area (Å²) in [7, 11) is 1.70. The average Bonchev–Trinajstić information content (AvgIpc) is 2.91. The minimum Gasteiger partial charge on any atom is -0.461 e. The predicted molar refractivity (Wildman–Crippen MR) is 96.2 cm³/mol. The minimum atomic E-state index is -0.688. The number of nitrogens with zero attached hydrogens (tertiary/aromatic N) is 2. The van der Waals surface area contributed by atoms with Crippen LogP contribution >= 0.6 is 0 Å². The molecule has 2 N–H and O–H groups in total. The number of carbonyl (C=O) groups is 2. The highest BCUT2D eigenvalue weighted by molar-refractivity contribution is 5.94. The van der Waals surface area contributed by atoms with Gasteiger partial charge in [0.1, 0.15) is 5.60 Å². The maximum Gasteiger partial charge on any atom is 0.435 e. The fourth-order valence-electron chi connectivity index (χ4n) is 3.20. The number of rotatable bonds is 4. The van der Waals surface area contributed by atoms with E-state index >= 15 is 0 Å². The van der Waals surface area contributed by atoms with Gasteiger partial charge in [0, 0.05) is 13.0 Å². The molecule has 1 fully saturated rings. The van der Waals surface area contributed by atoms with Crippen molar-refractivity contribution in [3.63, 3.8) is 0 Å². The molecule has 1 heterocycles. The summed E-state index contributed by atoms with van der Waals surface area (Å²) in [6.45, 7) is 7.21. The van der Waals surface area contributed by atoms with Crippen LogP contribution in [-0.4, -0.2) is 47.3 Å². The molecule has 0 atom stereocenters. The molecule has 0 aromatic carbocycles. The van der Waals surface area contributed by atoms with Crippen molar-refractivity contribution in [3.05, 3.63) is 11.4 Å². The Bertz CT molecular complexity index is 655. The number of nitrogen functional groups attached to an aromatic ring is 1. The Morgan fingerprint density at radius 2 is 1.85 bits per heavy atom. The molecule has 0 saturated heterocycles. The first-order chi connectivity index (χ1) is 12.2. The van der Waals surface area contributed by atoms with Crippen LogP contribution in [0.2, 0.25) is 0 Å². The van der Waals surface area contributed by atoms with E-state index < -0.39 is 17.7 Å². The van der Waals surface area contributed by atoms with Crippen molar-refractivity contribution in [2.75, 3.05) is 19.5 Å². The Kier molecular flexibility index (Phi) is 6.28. The Balaban J connectivity index is 2.40. The van der Waals surface area contributed by atoms with Gasteiger partial charge < -0.3 is 19.9 Å². The van der Waals surface area contributed by atoms with Crippen LogP contribution in [0.5, 0.6) is 0 Å². The van der Waals surface area contributed by atoms with E-state index in [-0.39, 0.29) is 30.0 Å². The molecule has 1 saturated carbocycles. The van der Waals surface area contributed by atoms with E-state index in [2.05, 4.69) is 5.10 Å². The van der Waals surface area contributed by atoms with Gasteiger partial charge >= 0.3 is 12.1 Å². The van der Waals surface area contributed by atoms with Gasteiger partial charge in [-0.1, -0.05) is 0 Å². The number of anilines is 1. The molecule has 0 amide bonds. The number of aromatic nitrogens is 2. The Morgan fingerprint density at radius 3 is 2.35 bits per heavy atom. The molecule has 1 aromatic heterocycles. The molecule has 0 radical (unpaired) electrons. The molecule has 26 heavy (non-hydrogen) atoms. The van der Waals surface area contributed by atoms with Gasteiger partial charge in [0.05, 0.1) is 24.1 Å². The van der Waals surface area contributed by atoms with Crippen molar-refractivity contribution in [3.8, 4) is 0 Å². The molecule has 8 nitrogen and oxygen atoms in total. The molecule has 1 aliphatic carbocycles. The smallest absolute Gasteiger partial charge is 0.435 e. The second-order valence-electron chi connectivity index (χ2n) is 7.47. The fraction of sp³-hybridized carbons (Fsp3) is 0.722. The summed E-state index contributed by atoms with van der Waals surface area (Å²) in [6.07, 6.45) is 2.85. The number of hydrogen-bond donors (Lipinski definition) is 1. The maximum atomic E-state index is 12.6. The maximum absolute atomic E-state index is 12.6. The largest absolute Gasteiger partial charge is 0.461 e. The molecular formula is C18H29N3O5. The monoisotopic (exact) mass is 367 g/mol. The lowest BCUT2D eigenvalue weighted by molar-refractivity contribution is 0.0486. The molecule has 2 rings (SSSR count). The van der Waals surface area contributed by atoms with E-state index in [1.54, 1.807) is 34.8 Å². The highest BCUT2D eigenvalue weighted by Gasteiger charge is 2.34. The predicted octanol–water partition coefficient (Wildman–Crippen LogP) is 3.10. The third-order valence-corrected chi connectivity index (χ3v) is 4.39. The molecule has 0 spiro atoms. The summed E-state index contributed by atoms with van der Waals surface area (Å²) in [4.78, 5) is 24.8. The summed E-state index contributed by atoms with van der Waals surface area (Å²) in [5.74, 6) is -0.635. The second-order valence-corrected chi connectivity index (χ2v) is 7.47. The topological polar surface area (TPSA) is 106 Å². The molecule has 1 aromatic rings. The standard InChI is InChI=1S/C18H29N3O5/c1-6-25-16(22)14-13(19)15(11-7-9-12(24-5)10-8-11)21(20-14)17(23)26-18(2,3)4/h11-12H,6-10,19H2,1-5H3/t11-,12+. The first-order valence-electron chi connectivity index (χ1n) is 8.99. The Morgan fingerprint density at radius 1 is 1.23 bits per heavy atom. The van der Waals surface area contributed by atoms with Crippen molar-refractivity contribution in [2.24, 2.45) is 0 Å². The van der Waals surface area contributed by atoms with Gasteiger partial charge in [-0.2, -0.15) is 9.78 Å². The number of ether oxygens (including phenoxy) is 3. The summed E-state index contributed by atoms with van der Waals surface area (Å²) < 4.78 is 17.0. The lowest BCUT2D eigenvalue weighted by Crippen LogP contribution is -2.30. The van der Waals surface area contributed by atoms with Crippen LogP contribution in [0.3, 0.4) is 0 Å². The first-order valence-corrected chi connectivity index (χ1v) is 8.99. The normalized spacial score (nSPS) is 20.7. The number of esters is 1. The molecule has 0 unspecified atom stereocenters. The van der Waals surface area contributed by atoms with Crippen molar-refractivity contribution in [1.82, 2.24) is 9.78 Å².